The summed E-state index contributed by atoms with van der Waals surface area (Å²) < 4.78 is 27.6. The molecule has 150 valence electrons. The summed E-state index contributed by atoms with van der Waals surface area (Å²) in [4.78, 5) is 10.7. The Labute approximate surface area is 165 Å². The van der Waals surface area contributed by atoms with E-state index in [9.17, 15) is 18.9 Å². The lowest BCUT2D eigenvalue weighted by Crippen LogP contribution is -2.09. The van der Waals surface area contributed by atoms with E-state index in [-0.39, 0.29) is 23.2 Å². The Morgan fingerprint density at radius 1 is 1.17 bits per heavy atom. The second-order valence-electron chi connectivity index (χ2n) is 7.13. The van der Waals surface area contributed by atoms with Crippen molar-refractivity contribution in [2.24, 2.45) is 0 Å². The number of hydrogen-bond acceptors (Lipinski definition) is 5. The Morgan fingerprint density at radius 3 is 2.55 bits per heavy atom. The predicted molar refractivity (Wildman–Crippen MR) is 105 cm³/mol. The maximum atomic E-state index is 14.5. The molecule has 2 aromatic carbocycles. The first-order valence-corrected chi connectivity index (χ1v) is 9.23. The van der Waals surface area contributed by atoms with Crippen molar-refractivity contribution in [3.05, 3.63) is 75.5 Å². The topological polar surface area (TPSA) is 95.9 Å². The van der Waals surface area contributed by atoms with Gasteiger partial charge in [-0.15, -0.1) is 0 Å². The maximum absolute atomic E-state index is 14.5. The first-order chi connectivity index (χ1) is 13.9. The molecule has 0 unspecified atom stereocenters. The molecule has 1 aliphatic carbocycles. The number of rotatable bonds is 7. The molecule has 9 heteroatoms. The zero-order valence-corrected chi connectivity index (χ0v) is 15.6. The molecule has 4 rings (SSSR count). The smallest absolute Gasteiger partial charge is 0.295 e. The Kier molecular flexibility index (Phi) is 4.87. The quantitative estimate of drug-likeness (QED) is 0.366. The number of nitrogens with one attached hydrogen (secondary N) is 3. The Morgan fingerprint density at radius 2 is 1.90 bits per heavy atom. The molecular weight excluding hydrogens is 380 g/mol. The standard InChI is InChI=1S/C20H19F2N5O2/c1-11(12-4-6-14(21)7-5-12)23-17-9-18(19(27(28)29)8-15(17)22)24-20-10-16(25-26-20)13-2-3-13/h4-11,13,23H,2-3H2,1H3,(H2,24,25,26)/t11-/m0/s1. The second kappa shape index (κ2) is 7.50. The molecule has 1 aromatic heterocycles. The number of hydrogen-bond donors (Lipinski definition) is 3. The normalized spacial score (nSPS) is 14.4. The van der Waals surface area contributed by atoms with Crippen molar-refractivity contribution >= 4 is 22.9 Å². The molecule has 0 radical (unpaired) electrons. The number of aromatic amines is 1. The monoisotopic (exact) mass is 399 g/mol. The largest absolute Gasteiger partial charge is 0.376 e. The molecule has 1 fully saturated rings. The molecule has 7 nitrogen and oxygen atoms in total. The highest BCUT2D eigenvalue weighted by atomic mass is 19.1. The summed E-state index contributed by atoms with van der Waals surface area (Å²) in [6.07, 6.45) is 2.18. The fraction of sp³-hybridized carbons (Fsp3) is 0.250. The highest BCUT2D eigenvalue weighted by Gasteiger charge is 2.26. The van der Waals surface area contributed by atoms with Crippen LogP contribution in [0, 0.1) is 21.7 Å². The lowest BCUT2D eigenvalue weighted by atomic mass is 10.1. The zero-order chi connectivity index (χ0) is 20.5. The van der Waals surface area contributed by atoms with Gasteiger partial charge in [0.25, 0.3) is 5.69 Å². The number of nitrogens with zero attached hydrogens (tertiary/aromatic N) is 2. The van der Waals surface area contributed by atoms with Gasteiger partial charge < -0.3 is 10.6 Å². The van der Waals surface area contributed by atoms with Gasteiger partial charge in [0, 0.05) is 23.7 Å². The highest BCUT2D eigenvalue weighted by Crippen LogP contribution is 2.40. The van der Waals surface area contributed by atoms with E-state index in [2.05, 4.69) is 20.8 Å². The van der Waals surface area contributed by atoms with Crippen molar-refractivity contribution in [2.45, 2.75) is 31.7 Å². The van der Waals surface area contributed by atoms with Crippen LogP contribution in [0.4, 0.5) is 31.7 Å². The molecule has 3 aromatic rings. The summed E-state index contributed by atoms with van der Waals surface area (Å²) >= 11 is 0. The van der Waals surface area contributed by atoms with Gasteiger partial charge in [-0.05, 0) is 43.5 Å². The van der Waals surface area contributed by atoms with Crippen molar-refractivity contribution in [1.29, 1.82) is 0 Å². The van der Waals surface area contributed by atoms with Crippen LogP contribution in [0.25, 0.3) is 0 Å². The lowest BCUT2D eigenvalue weighted by Gasteiger charge is -2.17. The van der Waals surface area contributed by atoms with Gasteiger partial charge in [0.1, 0.15) is 11.5 Å². The minimum Gasteiger partial charge on any atom is -0.376 e. The molecule has 3 N–H and O–H groups in total. The van der Waals surface area contributed by atoms with E-state index in [1.54, 1.807) is 25.1 Å². The van der Waals surface area contributed by atoms with Gasteiger partial charge in [0.15, 0.2) is 11.6 Å². The van der Waals surface area contributed by atoms with Gasteiger partial charge in [-0.25, -0.2) is 8.78 Å². The van der Waals surface area contributed by atoms with E-state index in [4.69, 9.17) is 0 Å². The third kappa shape index (κ3) is 4.18. The van der Waals surface area contributed by atoms with Crippen molar-refractivity contribution in [1.82, 2.24) is 10.2 Å². The van der Waals surface area contributed by atoms with Crippen molar-refractivity contribution < 1.29 is 13.7 Å². The maximum Gasteiger partial charge on any atom is 0.295 e. The van der Waals surface area contributed by atoms with Crippen LogP contribution in [0.15, 0.2) is 42.5 Å². The van der Waals surface area contributed by atoms with Crippen LogP contribution >= 0.6 is 0 Å². The molecule has 0 amide bonds. The van der Waals surface area contributed by atoms with Crippen LogP contribution in [-0.2, 0) is 0 Å². The van der Waals surface area contributed by atoms with Gasteiger partial charge in [-0.2, -0.15) is 5.10 Å². The van der Waals surface area contributed by atoms with Crippen LogP contribution in [0.3, 0.4) is 0 Å². The van der Waals surface area contributed by atoms with Crippen molar-refractivity contribution in [3.8, 4) is 0 Å². The SMILES string of the molecule is C[C@H](Nc1cc(Nc2cc(C3CC3)[nH]n2)c([N+](=O)[O-])cc1F)c1ccc(F)cc1. The average Bonchev–Trinajstić information content (AvgIpc) is 3.43. The molecule has 0 spiro atoms. The molecule has 0 aliphatic heterocycles. The summed E-state index contributed by atoms with van der Waals surface area (Å²) in [5, 5.41) is 24.3. The molecular formula is C20H19F2N5O2. The van der Waals surface area contributed by atoms with Gasteiger partial charge in [-0.1, -0.05) is 12.1 Å². The number of aromatic nitrogens is 2. The highest BCUT2D eigenvalue weighted by molar-refractivity contribution is 5.73. The van der Waals surface area contributed by atoms with E-state index in [0.29, 0.717) is 11.7 Å². The summed E-state index contributed by atoms with van der Waals surface area (Å²) in [5.41, 5.74) is 1.55. The minimum absolute atomic E-state index is 0.0906. The first-order valence-electron chi connectivity index (χ1n) is 9.23. The second-order valence-corrected chi connectivity index (χ2v) is 7.13. The van der Waals surface area contributed by atoms with E-state index in [1.807, 2.05) is 0 Å². The van der Waals surface area contributed by atoms with E-state index < -0.39 is 16.4 Å². The molecule has 1 aliphatic rings. The third-order valence-electron chi connectivity index (χ3n) is 4.90. The van der Waals surface area contributed by atoms with Crippen molar-refractivity contribution in [3.63, 3.8) is 0 Å². The molecule has 0 saturated heterocycles. The van der Waals surface area contributed by atoms with Crippen LogP contribution < -0.4 is 10.6 Å². The zero-order valence-electron chi connectivity index (χ0n) is 15.6. The fourth-order valence-corrected chi connectivity index (χ4v) is 3.13. The van der Waals surface area contributed by atoms with Crippen LogP contribution in [0.1, 0.15) is 43.0 Å². The first kappa shape index (κ1) is 18.9. The number of anilines is 3. The number of benzene rings is 2. The number of halogens is 2. The predicted octanol–water partition coefficient (Wildman–Crippen LogP) is 5.39. The van der Waals surface area contributed by atoms with Gasteiger partial charge in [0.2, 0.25) is 0 Å². The minimum atomic E-state index is -0.753. The van der Waals surface area contributed by atoms with Gasteiger partial charge >= 0.3 is 0 Å². The van der Waals surface area contributed by atoms with Crippen molar-refractivity contribution in [2.75, 3.05) is 10.6 Å². The molecule has 0 bridgehead atoms. The number of H-pyrrole nitrogens is 1. The summed E-state index contributed by atoms with van der Waals surface area (Å²) in [5.74, 6) is -0.232. The van der Waals surface area contributed by atoms with Crippen LogP contribution in [0.2, 0.25) is 0 Å². The Hall–Kier alpha value is -3.49. The molecule has 1 atom stereocenters. The van der Waals surface area contributed by atoms with Gasteiger partial charge in [0.05, 0.1) is 16.7 Å². The average molecular weight is 399 g/mol. The van der Waals surface area contributed by atoms with Crippen LogP contribution in [0.5, 0.6) is 0 Å². The van der Waals surface area contributed by atoms with E-state index >= 15 is 0 Å². The molecule has 29 heavy (non-hydrogen) atoms. The Bertz CT molecular complexity index is 1050. The molecule has 1 heterocycles. The summed E-state index contributed by atoms with van der Waals surface area (Å²) in [6.45, 7) is 1.79. The van der Waals surface area contributed by atoms with Crippen LogP contribution in [-0.4, -0.2) is 15.1 Å². The summed E-state index contributed by atoms with van der Waals surface area (Å²) in [7, 11) is 0. The fourth-order valence-electron chi connectivity index (χ4n) is 3.13. The van der Waals surface area contributed by atoms with Gasteiger partial charge in [-0.3, -0.25) is 15.2 Å². The van der Waals surface area contributed by atoms with E-state index in [0.717, 1.165) is 30.2 Å². The lowest BCUT2D eigenvalue weighted by molar-refractivity contribution is -0.384. The number of nitro groups is 1. The number of nitro benzene ring substituents is 1. The van der Waals surface area contributed by atoms with E-state index in [1.165, 1.54) is 18.2 Å². The third-order valence-corrected chi connectivity index (χ3v) is 4.90. The summed E-state index contributed by atoms with van der Waals surface area (Å²) in [6, 6.07) is 9.51. The molecule has 1 saturated carbocycles. The Balaban J connectivity index is 1.60.